The van der Waals surface area contributed by atoms with E-state index in [4.69, 9.17) is 0 Å². The highest BCUT2D eigenvalue weighted by molar-refractivity contribution is 5.85. The molecule has 1 fully saturated rings. The fraction of sp³-hybridized carbons (Fsp3) is 0.625. The Labute approximate surface area is 147 Å². The highest BCUT2D eigenvalue weighted by Crippen LogP contribution is 2.13. The third kappa shape index (κ3) is 5.35. The van der Waals surface area contributed by atoms with Gasteiger partial charge in [0.15, 0.2) is 0 Å². The summed E-state index contributed by atoms with van der Waals surface area (Å²) in [6.45, 7) is 5.28. The zero-order valence-electron chi connectivity index (χ0n) is 15.0. The van der Waals surface area contributed by atoms with Gasteiger partial charge >= 0.3 is 0 Å². The van der Waals surface area contributed by atoms with E-state index in [0.29, 0.717) is 38.5 Å². The summed E-state index contributed by atoms with van der Waals surface area (Å²) in [6, 6.07) is 1.29. The summed E-state index contributed by atoms with van der Waals surface area (Å²) < 4.78 is 13.2. The highest BCUT2D eigenvalue weighted by Gasteiger charge is 2.24. The van der Waals surface area contributed by atoms with Crippen LogP contribution in [0.5, 0.6) is 0 Å². The minimum atomic E-state index is -0.569. The smallest absolute Gasteiger partial charge is 0.242 e. The lowest BCUT2D eigenvalue weighted by molar-refractivity contribution is -0.140. The van der Waals surface area contributed by atoms with Gasteiger partial charge < -0.3 is 14.7 Å². The molecule has 2 heterocycles. The Bertz CT molecular complexity index is 606. The molecule has 1 aromatic heterocycles. The van der Waals surface area contributed by atoms with Crippen molar-refractivity contribution in [1.82, 2.24) is 24.7 Å². The molecule has 0 spiro atoms. The van der Waals surface area contributed by atoms with Gasteiger partial charge in [-0.1, -0.05) is 6.92 Å². The molecule has 0 N–H and O–H groups in total. The summed E-state index contributed by atoms with van der Waals surface area (Å²) in [5, 5.41) is 0. The number of aromatic nitrogens is 2. The fourth-order valence-electron chi connectivity index (χ4n) is 2.54. The highest BCUT2D eigenvalue weighted by atomic mass is 19.1. The maximum Gasteiger partial charge on any atom is 0.242 e. The van der Waals surface area contributed by atoms with Crippen LogP contribution in [-0.2, 0) is 9.59 Å². The quantitative estimate of drug-likeness (QED) is 0.653. The van der Waals surface area contributed by atoms with Crippen molar-refractivity contribution in [3.05, 3.63) is 18.3 Å². The molecule has 25 heavy (non-hydrogen) atoms. The number of likely N-dealkylation sites (N-methyl/N-ethyl adjacent to an activating group) is 2. The first-order chi connectivity index (χ1) is 11.9. The molecule has 0 radical (unpaired) electrons. The summed E-state index contributed by atoms with van der Waals surface area (Å²) in [6.07, 6.45) is 1.19. The summed E-state index contributed by atoms with van der Waals surface area (Å²) in [5.41, 5.74) is 0. The zero-order chi connectivity index (χ0) is 18.4. The molecule has 0 unspecified atom stereocenters. The van der Waals surface area contributed by atoms with Gasteiger partial charge in [0, 0.05) is 39.3 Å². The fourth-order valence-corrected chi connectivity index (χ4v) is 2.54. The summed E-state index contributed by atoms with van der Waals surface area (Å²) in [5.74, 6) is -0.202. The maximum atomic E-state index is 13.2. The molecule has 8 nitrogen and oxygen atoms in total. The van der Waals surface area contributed by atoms with Gasteiger partial charge in [-0.05, 0) is 13.6 Å². The van der Waals surface area contributed by atoms with Gasteiger partial charge in [0.05, 0.1) is 13.1 Å². The number of carbonyl (C=O) groups is 2. The average molecular weight is 352 g/mol. The molecule has 0 saturated carbocycles. The van der Waals surface area contributed by atoms with Crippen molar-refractivity contribution in [3.8, 4) is 0 Å². The van der Waals surface area contributed by atoms with E-state index < -0.39 is 5.95 Å². The number of rotatable bonds is 6. The zero-order valence-corrected chi connectivity index (χ0v) is 15.0. The van der Waals surface area contributed by atoms with Gasteiger partial charge in [0.1, 0.15) is 12.1 Å². The molecule has 1 aliphatic heterocycles. The molecule has 1 aliphatic rings. The molecule has 0 aromatic carbocycles. The molecule has 138 valence electrons. The molecule has 0 bridgehead atoms. The number of anilines is 1. The number of halogens is 1. The van der Waals surface area contributed by atoms with E-state index in [2.05, 4.69) is 9.97 Å². The third-order valence-corrected chi connectivity index (χ3v) is 4.32. The van der Waals surface area contributed by atoms with Crippen LogP contribution in [0.1, 0.15) is 6.92 Å². The monoisotopic (exact) mass is 352 g/mol. The van der Waals surface area contributed by atoms with Gasteiger partial charge in [-0.25, -0.2) is 9.97 Å². The second kappa shape index (κ2) is 8.70. The standard InChI is InChI=1S/C16H25FN6O2/c1-4-20(2)10-15(24)21(3)11-16(25)23-7-5-22(6-8-23)14-9-13(17)18-12-19-14/h9,12H,4-8,10-11H2,1-3H3. The van der Waals surface area contributed by atoms with E-state index in [1.54, 1.807) is 11.9 Å². The lowest BCUT2D eigenvalue weighted by Crippen LogP contribution is -2.52. The second-order valence-electron chi connectivity index (χ2n) is 6.15. The topological polar surface area (TPSA) is 72.9 Å². The maximum absolute atomic E-state index is 13.2. The first-order valence-electron chi connectivity index (χ1n) is 8.33. The number of nitrogens with zero attached hydrogens (tertiary/aromatic N) is 6. The molecule has 0 aliphatic carbocycles. The predicted octanol–water partition coefficient (Wildman–Crippen LogP) is -0.326. The molecule has 0 atom stereocenters. The van der Waals surface area contributed by atoms with Crippen LogP contribution in [0, 0.1) is 5.95 Å². The van der Waals surface area contributed by atoms with Crippen molar-refractivity contribution in [1.29, 1.82) is 0 Å². The molecule has 1 saturated heterocycles. The van der Waals surface area contributed by atoms with Gasteiger partial charge in [0.25, 0.3) is 0 Å². The van der Waals surface area contributed by atoms with Crippen molar-refractivity contribution in [2.75, 3.05) is 64.8 Å². The Kier molecular flexibility index (Phi) is 6.63. The van der Waals surface area contributed by atoms with Crippen LogP contribution in [0.4, 0.5) is 10.2 Å². The van der Waals surface area contributed by atoms with Crippen molar-refractivity contribution in [2.45, 2.75) is 6.92 Å². The van der Waals surface area contributed by atoms with Crippen molar-refractivity contribution >= 4 is 17.6 Å². The lowest BCUT2D eigenvalue weighted by Gasteiger charge is -2.36. The van der Waals surface area contributed by atoms with E-state index in [1.165, 1.54) is 17.3 Å². The van der Waals surface area contributed by atoms with Crippen LogP contribution in [0.15, 0.2) is 12.4 Å². The summed E-state index contributed by atoms with van der Waals surface area (Å²) >= 11 is 0. The van der Waals surface area contributed by atoms with Gasteiger partial charge in [0.2, 0.25) is 17.8 Å². The number of piperazine rings is 1. The van der Waals surface area contributed by atoms with Crippen LogP contribution in [0.2, 0.25) is 0 Å². The van der Waals surface area contributed by atoms with Crippen LogP contribution in [0.25, 0.3) is 0 Å². The van der Waals surface area contributed by atoms with E-state index in [-0.39, 0.29) is 18.4 Å². The lowest BCUT2D eigenvalue weighted by atomic mass is 10.3. The van der Waals surface area contributed by atoms with Crippen molar-refractivity contribution in [3.63, 3.8) is 0 Å². The van der Waals surface area contributed by atoms with E-state index in [1.807, 2.05) is 23.8 Å². The number of hydrogen-bond acceptors (Lipinski definition) is 6. The molecule has 1 aromatic rings. The Balaban J connectivity index is 1.81. The first kappa shape index (κ1) is 19.0. The number of amides is 2. The van der Waals surface area contributed by atoms with E-state index in [0.717, 1.165) is 6.54 Å². The van der Waals surface area contributed by atoms with Crippen LogP contribution >= 0.6 is 0 Å². The van der Waals surface area contributed by atoms with E-state index >= 15 is 0 Å². The molecule has 2 rings (SSSR count). The largest absolute Gasteiger partial charge is 0.353 e. The Hall–Kier alpha value is -2.29. The van der Waals surface area contributed by atoms with Crippen LogP contribution in [-0.4, -0.2) is 96.4 Å². The predicted molar refractivity (Wildman–Crippen MR) is 91.6 cm³/mol. The summed E-state index contributed by atoms with van der Waals surface area (Å²) in [7, 11) is 3.51. The van der Waals surface area contributed by atoms with Gasteiger partial charge in [-0.15, -0.1) is 0 Å². The average Bonchev–Trinajstić information content (AvgIpc) is 2.61. The van der Waals surface area contributed by atoms with Crippen LogP contribution in [0.3, 0.4) is 0 Å². The Morgan fingerprint density at radius 1 is 1.16 bits per heavy atom. The molecular formula is C16H25FN6O2. The minimum absolute atomic E-state index is 0.0680. The Morgan fingerprint density at radius 2 is 1.84 bits per heavy atom. The minimum Gasteiger partial charge on any atom is -0.353 e. The number of carbonyl (C=O) groups excluding carboxylic acids is 2. The van der Waals surface area contributed by atoms with Crippen LogP contribution < -0.4 is 4.90 Å². The Morgan fingerprint density at radius 3 is 2.44 bits per heavy atom. The second-order valence-corrected chi connectivity index (χ2v) is 6.15. The number of hydrogen-bond donors (Lipinski definition) is 0. The van der Waals surface area contributed by atoms with Crippen molar-refractivity contribution < 1.29 is 14.0 Å². The first-order valence-corrected chi connectivity index (χ1v) is 8.33. The molecular weight excluding hydrogens is 327 g/mol. The normalized spacial score (nSPS) is 14.8. The summed E-state index contributed by atoms with van der Waals surface area (Å²) in [4.78, 5) is 38.9. The van der Waals surface area contributed by atoms with Gasteiger partial charge in [-0.3, -0.25) is 14.5 Å². The SMILES string of the molecule is CCN(C)CC(=O)N(C)CC(=O)N1CCN(c2cc(F)ncn2)CC1. The third-order valence-electron chi connectivity index (χ3n) is 4.32. The van der Waals surface area contributed by atoms with E-state index in [9.17, 15) is 14.0 Å². The molecule has 9 heteroatoms. The van der Waals surface area contributed by atoms with Crippen molar-refractivity contribution in [2.24, 2.45) is 0 Å². The molecule has 2 amide bonds. The van der Waals surface area contributed by atoms with Gasteiger partial charge in [-0.2, -0.15) is 4.39 Å².